The van der Waals surface area contributed by atoms with Crippen LogP contribution in [0.2, 0.25) is 5.02 Å². The molecule has 2 amide bonds. The lowest BCUT2D eigenvalue weighted by atomic mass is 10.1. The smallest absolute Gasteiger partial charge is 0.271 e. The Morgan fingerprint density at radius 3 is 2.29 bits per heavy atom. The van der Waals surface area contributed by atoms with Crippen LogP contribution in [-0.4, -0.2) is 62.6 Å². The second-order valence-electron chi connectivity index (χ2n) is 9.09. The SMILES string of the molecule is CC[C@@H](C(=O)NCC(C)C)N(Cc1ccc(Cl)cc1)C(=O)CN(c1cc([N+](=O)[O-])ccc1OC)S(C)(=O)=O. The van der Waals surface area contributed by atoms with Gasteiger partial charge in [-0.25, -0.2) is 8.42 Å². The van der Waals surface area contributed by atoms with Crippen molar-refractivity contribution in [2.75, 3.05) is 30.8 Å². The average Bonchev–Trinajstić information content (AvgIpc) is 2.85. The molecule has 0 spiro atoms. The summed E-state index contributed by atoms with van der Waals surface area (Å²) in [5.41, 5.74) is 0.136. The number of anilines is 1. The molecule has 0 saturated heterocycles. The van der Waals surface area contributed by atoms with Gasteiger partial charge in [0, 0.05) is 30.2 Å². The Kier molecular flexibility index (Phi) is 10.9. The van der Waals surface area contributed by atoms with Gasteiger partial charge in [0.15, 0.2) is 0 Å². The molecule has 2 rings (SSSR count). The molecule has 2 aromatic carbocycles. The van der Waals surface area contributed by atoms with Crippen molar-refractivity contribution in [2.45, 2.75) is 39.8 Å². The summed E-state index contributed by atoms with van der Waals surface area (Å²) in [6.07, 6.45) is 1.15. The van der Waals surface area contributed by atoms with Gasteiger partial charge in [-0.15, -0.1) is 0 Å². The Balaban J connectivity index is 2.53. The number of methoxy groups -OCH3 is 1. The van der Waals surface area contributed by atoms with Gasteiger partial charge in [-0.05, 0) is 36.1 Å². The Morgan fingerprint density at radius 1 is 1.16 bits per heavy atom. The van der Waals surface area contributed by atoms with Crippen LogP contribution in [0.25, 0.3) is 0 Å². The van der Waals surface area contributed by atoms with Crippen molar-refractivity contribution in [3.8, 4) is 5.75 Å². The first-order chi connectivity index (χ1) is 17.8. The number of amides is 2. The lowest BCUT2D eigenvalue weighted by molar-refractivity contribution is -0.384. The first-order valence-corrected chi connectivity index (χ1v) is 14.1. The van der Waals surface area contributed by atoms with Gasteiger partial charge >= 0.3 is 0 Å². The van der Waals surface area contributed by atoms with Gasteiger partial charge in [-0.1, -0.05) is 44.5 Å². The van der Waals surface area contributed by atoms with Crippen LogP contribution in [0.15, 0.2) is 42.5 Å². The molecule has 0 saturated carbocycles. The van der Waals surface area contributed by atoms with Crippen LogP contribution in [0.4, 0.5) is 11.4 Å². The molecule has 0 fully saturated rings. The molecule has 0 bridgehead atoms. The van der Waals surface area contributed by atoms with Crippen molar-refractivity contribution in [3.63, 3.8) is 0 Å². The monoisotopic (exact) mass is 568 g/mol. The normalized spacial score (nSPS) is 12.1. The molecule has 0 heterocycles. The molecule has 2 aromatic rings. The fourth-order valence-corrected chi connectivity index (χ4v) is 4.68. The molecule has 0 aromatic heterocycles. The van der Waals surface area contributed by atoms with E-state index in [0.29, 0.717) is 17.1 Å². The minimum atomic E-state index is -4.11. The second kappa shape index (κ2) is 13.4. The number of benzene rings is 2. The third-order valence-electron chi connectivity index (χ3n) is 5.66. The predicted molar refractivity (Wildman–Crippen MR) is 146 cm³/mol. The molecule has 38 heavy (non-hydrogen) atoms. The van der Waals surface area contributed by atoms with Gasteiger partial charge in [-0.3, -0.25) is 24.0 Å². The number of hydrogen-bond acceptors (Lipinski definition) is 7. The van der Waals surface area contributed by atoms with Crippen LogP contribution < -0.4 is 14.4 Å². The van der Waals surface area contributed by atoms with Crippen LogP contribution >= 0.6 is 11.6 Å². The Labute approximate surface area is 227 Å². The largest absolute Gasteiger partial charge is 0.495 e. The summed E-state index contributed by atoms with van der Waals surface area (Å²) in [6.45, 7) is 5.33. The standard InChI is InChI=1S/C25H33ClN4O7S/c1-6-21(25(32)27-14-17(2)3)28(15-18-7-9-19(26)10-8-18)24(31)16-29(38(5,35)36)22-13-20(30(33)34)11-12-23(22)37-4/h7-13,17,21H,6,14-16H2,1-5H3,(H,27,32)/t21-/m0/s1. The van der Waals surface area contributed by atoms with Crippen LogP contribution in [0, 0.1) is 16.0 Å². The highest BCUT2D eigenvalue weighted by Gasteiger charge is 2.33. The first-order valence-electron chi connectivity index (χ1n) is 11.9. The van der Waals surface area contributed by atoms with Crippen molar-refractivity contribution in [2.24, 2.45) is 5.92 Å². The van der Waals surface area contributed by atoms with Gasteiger partial charge in [0.25, 0.3) is 5.69 Å². The second-order valence-corrected chi connectivity index (χ2v) is 11.4. The first kappa shape index (κ1) is 30.8. The number of sulfonamides is 1. The summed E-state index contributed by atoms with van der Waals surface area (Å²) < 4.78 is 31.6. The van der Waals surface area contributed by atoms with E-state index in [0.717, 1.165) is 16.6 Å². The number of nitro groups is 1. The summed E-state index contributed by atoms with van der Waals surface area (Å²) in [5, 5.41) is 14.7. The topological polar surface area (TPSA) is 139 Å². The zero-order chi connectivity index (χ0) is 28.6. The molecule has 0 aliphatic carbocycles. The highest BCUT2D eigenvalue weighted by molar-refractivity contribution is 7.92. The molecule has 208 valence electrons. The van der Waals surface area contributed by atoms with E-state index in [1.807, 2.05) is 13.8 Å². The lowest BCUT2D eigenvalue weighted by Gasteiger charge is -2.33. The van der Waals surface area contributed by atoms with Gasteiger partial charge in [0.1, 0.15) is 24.0 Å². The zero-order valence-corrected chi connectivity index (χ0v) is 23.6. The van der Waals surface area contributed by atoms with E-state index in [-0.39, 0.29) is 41.9 Å². The molecule has 1 N–H and O–H groups in total. The van der Waals surface area contributed by atoms with E-state index in [1.165, 1.54) is 24.1 Å². The van der Waals surface area contributed by atoms with E-state index in [9.17, 15) is 28.1 Å². The van der Waals surface area contributed by atoms with E-state index in [1.54, 1.807) is 31.2 Å². The molecular formula is C25H33ClN4O7S. The van der Waals surface area contributed by atoms with Crippen molar-refractivity contribution in [1.29, 1.82) is 0 Å². The molecule has 0 aliphatic rings. The number of nitrogens with zero attached hydrogens (tertiary/aromatic N) is 3. The van der Waals surface area contributed by atoms with Gasteiger partial charge in [0.05, 0.1) is 18.3 Å². The zero-order valence-electron chi connectivity index (χ0n) is 22.0. The van der Waals surface area contributed by atoms with Crippen LogP contribution in [-0.2, 0) is 26.2 Å². The van der Waals surface area contributed by atoms with Crippen LogP contribution in [0.5, 0.6) is 5.75 Å². The fourth-order valence-electron chi connectivity index (χ4n) is 3.71. The quantitative estimate of drug-likeness (QED) is 0.287. The van der Waals surface area contributed by atoms with E-state index in [4.69, 9.17) is 16.3 Å². The van der Waals surface area contributed by atoms with E-state index in [2.05, 4.69) is 5.32 Å². The molecule has 0 radical (unpaired) electrons. The molecule has 1 atom stereocenters. The minimum Gasteiger partial charge on any atom is -0.495 e. The fraction of sp³-hybridized carbons (Fsp3) is 0.440. The summed E-state index contributed by atoms with van der Waals surface area (Å²) >= 11 is 5.99. The van der Waals surface area contributed by atoms with Crippen molar-refractivity contribution in [1.82, 2.24) is 10.2 Å². The number of nitrogens with one attached hydrogen (secondary N) is 1. The minimum absolute atomic E-state index is 0.00722. The summed E-state index contributed by atoms with van der Waals surface area (Å²) in [4.78, 5) is 38.8. The molecule has 0 aliphatic heterocycles. The van der Waals surface area contributed by atoms with Gasteiger partial charge < -0.3 is 15.0 Å². The van der Waals surface area contributed by atoms with Crippen molar-refractivity contribution < 1.29 is 27.7 Å². The van der Waals surface area contributed by atoms with Crippen LogP contribution in [0.1, 0.15) is 32.8 Å². The Bertz CT molecular complexity index is 1250. The number of rotatable bonds is 13. The van der Waals surface area contributed by atoms with Gasteiger partial charge in [0.2, 0.25) is 21.8 Å². The molecular weight excluding hydrogens is 536 g/mol. The maximum Gasteiger partial charge on any atom is 0.271 e. The van der Waals surface area contributed by atoms with Gasteiger partial charge in [-0.2, -0.15) is 0 Å². The number of ether oxygens (including phenoxy) is 1. The maximum absolute atomic E-state index is 13.7. The van der Waals surface area contributed by atoms with E-state index >= 15 is 0 Å². The molecule has 13 heteroatoms. The number of carbonyl (C=O) groups excluding carboxylic acids is 2. The number of hydrogen-bond donors (Lipinski definition) is 1. The average molecular weight is 569 g/mol. The van der Waals surface area contributed by atoms with Crippen LogP contribution in [0.3, 0.4) is 0 Å². The number of halogens is 1. The summed E-state index contributed by atoms with van der Waals surface area (Å²) in [5.74, 6) is -0.841. The highest BCUT2D eigenvalue weighted by Crippen LogP contribution is 2.34. The van der Waals surface area contributed by atoms with Crippen molar-refractivity contribution in [3.05, 3.63) is 63.2 Å². The van der Waals surface area contributed by atoms with E-state index < -0.39 is 33.4 Å². The Hall–Kier alpha value is -3.38. The highest BCUT2D eigenvalue weighted by atomic mass is 35.5. The number of non-ortho nitro benzene ring substituents is 1. The number of nitro benzene ring substituents is 1. The lowest BCUT2D eigenvalue weighted by Crippen LogP contribution is -2.52. The third-order valence-corrected chi connectivity index (χ3v) is 7.04. The predicted octanol–water partition coefficient (Wildman–Crippen LogP) is 3.60. The maximum atomic E-state index is 13.7. The van der Waals surface area contributed by atoms with Crippen molar-refractivity contribution >= 4 is 44.8 Å². The number of carbonyl (C=O) groups is 2. The molecule has 0 unspecified atom stereocenters. The Morgan fingerprint density at radius 2 is 1.79 bits per heavy atom. The summed E-state index contributed by atoms with van der Waals surface area (Å²) in [6, 6.07) is 9.28. The molecule has 11 nitrogen and oxygen atoms in total. The third kappa shape index (κ3) is 8.32. The summed E-state index contributed by atoms with van der Waals surface area (Å²) in [7, 11) is -2.83.